The Balaban J connectivity index is 0.000000224. The Morgan fingerprint density at radius 1 is 0.589 bits per heavy atom. The maximum absolute atomic E-state index is 7.23. The normalized spacial score (nSPS) is 12.2. The number of imidazole rings is 1. The van der Waals surface area contributed by atoms with E-state index in [9.17, 15) is 0 Å². The van der Waals surface area contributed by atoms with Crippen molar-refractivity contribution in [3.05, 3.63) is 194 Å². The second-order valence-corrected chi connectivity index (χ2v) is 13.2. The molecule has 0 unspecified atom stereocenters. The summed E-state index contributed by atoms with van der Waals surface area (Å²) in [7, 11) is 0. The van der Waals surface area contributed by atoms with E-state index >= 15 is 0 Å². The Bertz CT molecular complexity index is 3260. The maximum Gasteiger partial charge on any atom is 0.168 e. The van der Waals surface area contributed by atoms with E-state index in [4.69, 9.17) is 18.5 Å². The number of aryl methyl sites for hydroxylation is 1. The van der Waals surface area contributed by atoms with E-state index in [-0.39, 0.29) is 25.7 Å². The van der Waals surface area contributed by atoms with Crippen LogP contribution in [0.25, 0.3) is 94.2 Å². The van der Waals surface area contributed by atoms with E-state index < -0.39 is 6.85 Å². The number of hydrogen-bond donors (Lipinski definition) is 0. The van der Waals surface area contributed by atoms with Gasteiger partial charge in [-0.3, -0.25) is 4.98 Å². The zero-order chi connectivity index (χ0) is 39.2. The first-order valence-electron chi connectivity index (χ1n) is 19.5. The smallest absolute Gasteiger partial charge is 0.168 e. The molecule has 5 nitrogen and oxygen atoms in total. The van der Waals surface area contributed by atoms with Crippen LogP contribution in [0.1, 0.15) is 9.68 Å². The van der Waals surface area contributed by atoms with Crippen LogP contribution in [-0.2, 0) is 20.1 Å². The summed E-state index contributed by atoms with van der Waals surface area (Å²) in [6, 6.07) is 63.1. The number of rotatable bonds is 4. The van der Waals surface area contributed by atoms with Gasteiger partial charge < -0.3 is 14.0 Å². The van der Waals surface area contributed by atoms with Crippen molar-refractivity contribution in [2.75, 3.05) is 0 Å². The van der Waals surface area contributed by atoms with Crippen LogP contribution in [-0.4, -0.2) is 19.5 Å². The summed E-state index contributed by atoms with van der Waals surface area (Å²) in [4.78, 5) is 14.3. The number of pyridine rings is 2. The monoisotopic (exact) mass is 900 g/mol. The Labute approximate surface area is 341 Å². The predicted octanol–water partition coefficient (Wildman–Crippen LogP) is 12.6. The molecule has 7 aromatic carbocycles. The minimum Gasteiger partial charge on any atom is -0.500 e. The molecule has 0 saturated carbocycles. The molecule has 269 valence electrons. The standard InChI is InChI=1S/C38H22N3O.C12H10N.Ir/c1-3-11-25(12-4-1)32-22-23-33-37(39-32)40-38(41(33)27-13-5-2-6-14-27)31-17-9-16-29-30-21-20-26-19-18-24-10-7-8-15-28(24)34(26)36(30)42-35(29)31;1-10-7-8-12(13-9-10)11-5-3-2-4-6-11;/h1-16,18-23H;2-5,7-9H,1H3;/q2*-1;/i;1D3;. The Hall–Kier alpha value is -6.72. The summed E-state index contributed by atoms with van der Waals surface area (Å²) in [6.45, 7) is -2.09. The molecule has 4 heterocycles. The first kappa shape index (κ1) is 31.6. The molecule has 11 rings (SSSR count). The fourth-order valence-corrected chi connectivity index (χ4v) is 7.30. The van der Waals surface area contributed by atoms with Gasteiger partial charge in [-0.2, -0.15) is 0 Å². The molecule has 11 aromatic rings. The maximum atomic E-state index is 7.23. The summed E-state index contributed by atoms with van der Waals surface area (Å²) >= 11 is 0. The van der Waals surface area contributed by atoms with Crippen molar-refractivity contribution in [2.24, 2.45) is 0 Å². The zero-order valence-electron chi connectivity index (χ0n) is 32.8. The molecule has 0 saturated heterocycles. The van der Waals surface area contributed by atoms with E-state index in [1.54, 1.807) is 18.2 Å². The largest absolute Gasteiger partial charge is 0.500 e. The SMILES string of the molecule is [2H]C([2H])([2H])c1ccc(-c2[c-]cccc2)nc1.[Ir].[c-]1ccc2c(oc3c2ccc2ccc4ccccc4c23)c1-c1nc2nc(-c3ccccc3)ccc2n1-c1ccccc1. The van der Waals surface area contributed by atoms with Crippen LogP contribution in [0.5, 0.6) is 0 Å². The molecule has 0 aliphatic rings. The minimum atomic E-state index is -2.09. The predicted molar refractivity (Wildman–Crippen MR) is 224 cm³/mol. The van der Waals surface area contributed by atoms with Gasteiger partial charge >= 0.3 is 0 Å². The molecule has 6 heteroatoms. The molecule has 0 amide bonds. The number of nitrogens with zero attached hydrogens (tertiary/aromatic N) is 4. The van der Waals surface area contributed by atoms with Crippen LogP contribution in [0.15, 0.2) is 180 Å². The van der Waals surface area contributed by atoms with E-state index in [1.807, 2.05) is 60.7 Å². The second kappa shape index (κ2) is 14.8. The zero-order valence-corrected chi connectivity index (χ0v) is 32.2. The molecule has 0 atom stereocenters. The first-order chi connectivity index (χ1) is 28.4. The van der Waals surface area contributed by atoms with E-state index in [0.717, 1.165) is 77.8 Å². The molecule has 0 aliphatic heterocycles. The van der Waals surface area contributed by atoms with E-state index in [0.29, 0.717) is 5.65 Å². The Kier molecular flexibility index (Phi) is 8.38. The van der Waals surface area contributed by atoms with Crippen molar-refractivity contribution in [3.63, 3.8) is 0 Å². The van der Waals surface area contributed by atoms with Crippen molar-refractivity contribution in [3.8, 4) is 39.6 Å². The number of furan rings is 1. The first-order valence-corrected chi connectivity index (χ1v) is 18.0. The van der Waals surface area contributed by atoms with Crippen molar-refractivity contribution in [1.82, 2.24) is 19.5 Å². The van der Waals surface area contributed by atoms with Gasteiger partial charge in [0, 0.05) is 52.4 Å². The van der Waals surface area contributed by atoms with Gasteiger partial charge in [0.1, 0.15) is 5.58 Å². The summed E-state index contributed by atoms with van der Waals surface area (Å²) in [5.41, 5.74) is 8.84. The molecule has 0 fully saturated rings. The molecule has 56 heavy (non-hydrogen) atoms. The quantitative estimate of drug-likeness (QED) is 0.130. The number of benzene rings is 7. The molecule has 0 spiro atoms. The second-order valence-electron chi connectivity index (χ2n) is 13.2. The fourth-order valence-electron chi connectivity index (χ4n) is 7.30. The van der Waals surface area contributed by atoms with Crippen LogP contribution in [0.3, 0.4) is 0 Å². The van der Waals surface area contributed by atoms with Crippen molar-refractivity contribution >= 4 is 54.6 Å². The summed E-state index contributed by atoms with van der Waals surface area (Å²) in [6.07, 6.45) is 1.39. The minimum absolute atomic E-state index is 0. The molecule has 0 bridgehead atoms. The van der Waals surface area contributed by atoms with Gasteiger partial charge in [0.25, 0.3) is 0 Å². The third-order valence-electron chi connectivity index (χ3n) is 9.88. The van der Waals surface area contributed by atoms with Gasteiger partial charge in [-0.1, -0.05) is 120 Å². The van der Waals surface area contributed by atoms with Crippen molar-refractivity contribution < 1.29 is 28.6 Å². The number of para-hydroxylation sites is 1. The average Bonchev–Trinajstić information content (AvgIpc) is 3.86. The molecular weight excluding hydrogens is 865 g/mol. The molecule has 0 aliphatic carbocycles. The average molecular weight is 900 g/mol. The molecular formula is C50H32IrN4O-2. The van der Waals surface area contributed by atoms with Crippen LogP contribution < -0.4 is 0 Å². The number of fused-ring (bicyclic) bond motifs is 8. The third kappa shape index (κ3) is 6.25. The topological polar surface area (TPSA) is 56.7 Å². The molecule has 4 aromatic heterocycles. The Morgan fingerprint density at radius 3 is 2.14 bits per heavy atom. The van der Waals surface area contributed by atoms with Gasteiger partial charge in [-0.25, -0.2) is 4.98 Å². The van der Waals surface area contributed by atoms with Crippen LogP contribution in [0, 0.1) is 19.0 Å². The summed E-state index contributed by atoms with van der Waals surface area (Å²) in [5.74, 6) is 0.743. The molecule has 1 radical (unpaired) electrons. The van der Waals surface area contributed by atoms with E-state index in [2.05, 4.69) is 113 Å². The van der Waals surface area contributed by atoms with Crippen molar-refractivity contribution in [2.45, 2.75) is 6.85 Å². The van der Waals surface area contributed by atoms with Gasteiger partial charge in [0.2, 0.25) is 0 Å². The third-order valence-corrected chi connectivity index (χ3v) is 9.88. The van der Waals surface area contributed by atoms with Gasteiger partial charge in [0.15, 0.2) is 5.65 Å². The van der Waals surface area contributed by atoms with Gasteiger partial charge in [-0.15, -0.1) is 54.1 Å². The van der Waals surface area contributed by atoms with Gasteiger partial charge in [0.05, 0.1) is 22.6 Å². The van der Waals surface area contributed by atoms with Crippen LogP contribution in [0.2, 0.25) is 0 Å². The summed E-state index contributed by atoms with van der Waals surface area (Å²) in [5, 5.41) is 6.77. The fraction of sp³-hybridized carbons (Fsp3) is 0.0200. The summed E-state index contributed by atoms with van der Waals surface area (Å²) < 4.78 is 30.7. The van der Waals surface area contributed by atoms with Gasteiger partial charge in [-0.05, 0) is 58.5 Å². The van der Waals surface area contributed by atoms with Crippen LogP contribution >= 0.6 is 0 Å². The number of aromatic nitrogens is 4. The number of hydrogen-bond acceptors (Lipinski definition) is 4. The molecule has 0 N–H and O–H groups in total. The van der Waals surface area contributed by atoms with Crippen LogP contribution in [0.4, 0.5) is 0 Å². The van der Waals surface area contributed by atoms with E-state index in [1.165, 1.54) is 17.0 Å². The Morgan fingerprint density at radius 2 is 1.34 bits per heavy atom. The van der Waals surface area contributed by atoms with Crippen molar-refractivity contribution in [1.29, 1.82) is 0 Å².